The molecule has 1 aromatic heterocycles. The number of rotatable bonds is 4. The van der Waals surface area contributed by atoms with Crippen molar-refractivity contribution < 1.29 is 0 Å². The topological polar surface area (TPSA) is 24.9 Å². The van der Waals surface area contributed by atoms with Gasteiger partial charge in [-0.2, -0.15) is 0 Å². The van der Waals surface area contributed by atoms with Crippen molar-refractivity contribution in [3.05, 3.63) is 59.2 Å². The predicted molar refractivity (Wildman–Crippen MR) is 87.5 cm³/mol. The zero-order valence-electron chi connectivity index (χ0n) is 11.8. The molecule has 0 unspecified atom stereocenters. The molecule has 0 bridgehead atoms. The summed E-state index contributed by atoms with van der Waals surface area (Å²) in [5.41, 5.74) is 5.02. The van der Waals surface area contributed by atoms with E-state index in [1.54, 1.807) is 11.3 Å². The number of nitrogens with one attached hydrogen (secondary N) is 1. The Labute approximate surface area is 123 Å². The largest absolute Gasteiger partial charge is 0.357 e. The Morgan fingerprint density at radius 1 is 1.05 bits per heavy atom. The third-order valence-corrected chi connectivity index (χ3v) is 4.47. The van der Waals surface area contributed by atoms with E-state index >= 15 is 0 Å². The Balaban J connectivity index is 1.74. The fraction of sp³-hybridized carbons (Fsp3) is 0.235. The Kier molecular flexibility index (Phi) is 3.70. The summed E-state index contributed by atoms with van der Waals surface area (Å²) in [5, 5.41) is 4.42. The van der Waals surface area contributed by atoms with Crippen LogP contribution in [0.15, 0.2) is 42.5 Å². The van der Waals surface area contributed by atoms with Crippen LogP contribution >= 0.6 is 11.3 Å². The van der Waals surface area contributed by atoms with Crippen molar-refractivity contribution >= 4 is 26.7 Å². The Morgan fingerprint density at radius 3 is 2.50 bits per heavy atom. The molecular formula is C17H18N2S. The summed E-state index contributed by atoms with van der Waals surface area (Å²) in [5.74, 6) is 0. The second-order valence-electron chi connectivity index (χ2n) is 4.96. The number of hydrogen-bond acceptors (Lipinski definition) is 3. The zero-order valence-corrected chi connectivity index (χ0v) is 12.6. The molecule has 1 N–H and O–H groups in total. The van der Waals surface area contributed by atoms with Crippen molar-refractivity contribution in [3.63, 3.8) is 0 Å². The van der Waals surface area contributed by atoms with E-state index in [-0.39, 0.29) is 0 Å². The number of aromatic nitrogens is 1. The van der Waals surface area contributed by atoms with E-state index < -0.39 is 0 Å². The number of thiazole rings is 1. The maximum Gasteiger partial charge on any atom is 0.184 e. The van der Waals surface area contributed by atoms with Crippen molar-refractivity contribution in [2.45, 2.75) is 26.8 Å². The van der Waals surface area contributed by atoms with E-state index in [0.29, 0.717) is 0 Å². The first kappa shape index (κ1) is 13.1. The quantitative estimate of drug-likeness (QED) is 0.745. The predicted octanol–water partition coefficient (Wildman–Crippen LogP) is 4.78. The highest BCUT2D eigenvalue weighted by Gasteiger charge is 2.05. The van der Waals surface area contributed by atoms with Crippen molar-refractivity contribution in [1.82, 2.24) is 4.98 Å². The van der Waals surface area contributed by atoms with Gasteiger partial charge in [0.2, 0.25) is 0 Å². The average Bonchev–Trinajstić information content (AvgIpc) is 2.90. The van der Waals surface area contributed by atoms with Gasteiger partial charge in [-0.15, -0.1) is 0 Å². The van der Waals surface area contributed by atoms with Crippen LogP contribution < -0.4 is 5.32 Å². The van der Waals surface area contributed by atoms with Crippen LogP contribution in [-0.4, -0.2) is 4.98 Å². The van der Waals surface area contributed by atoms with Crippen LogP contribution in [0.3, 0.4) is 0 Å². The molecule has 2 nitrogen and oxygen atoms in total. The summed E-state index contributed by atoms with van der Waals surface area (Å²) in [6.07, 6.45) is 1.09. The lowest BCUT2D eigenvalue weighted by molar-refractivity contribution is 1.10. The van der Waals surface area contributed by atoms with Crippen molar-refractivity contribution in [1.29, 1.82) is 0 Å². The molecule has 0 atom stereocenters. The van der Waals surface area contributed by atoms with Gasteiger partial charge in [-0.3, -0.25) is 0 Å². The molecular weight excluding hydrogens is 264 g/mol. The monoisotopic (exact) mass is 282 g/mol. The number of fused-ring (bicyclic) bond motifs is 1. The summed E-state index contributed by atoms with van der Waals surface area (Å²) in [6.45, 7) is 5.11. The van der Waals surface area contributed by atoms with Gasteiger partial charge in [-0.1, -0.05) is 54.7 Å². The highest BCUT2D eigenvalue weighted by molar-refractivity contribution is 7.22. The first-order valence-corrected chi connectivity index (χ1v) is 7.76. The van der Waals surface area contributed by atoms with Crippen molar-refractivity contribution in [3.8, 4) is 0 Å². The fourth-order valence-electron chi connectivity index (χ4n) is 2.23. The fourth-order valence-corrected chi connectivity index (χ4v) is 3.17. The third-order valence-electron chi connectivity index (χ3n) is 3.50. The minimum absolute atomic E-state index is 0.822. The summed E-state index contributed by atoms with van der Waals surface area (Å²) in [4.78, 5) is 4.67. The SMILES string of the molecule is CCc1ccc(CNc2nc3c(C)cccc3s2)cc1. The maximum atomic E-state index is 4.67. The molecule has 0 aliphatic heterocycles. The van der Waals surface area contributed by atoms with Crippen LogP contribution in [0.1, 0.15) is 23.6 Å². The van der Waals surface area contributed by atoms with Crippen LogP contribution in [0.4, 0.5) is 5.13 Å². The van der Waals surface area contributed by atoms with Crippen LogP contribution in [0.5, 0.6) is 0 Å². The number of benzene rings is 2. The van der Waals surface area contributed by atoms with Crippen molar-refractivity contribution in [2.24, 2.45) is 0 Å². The standard InChI is InChI=1S/C17H18N2S/c1-3-13-7-9-14(10-8-13)11-18-17-19-16-12(2)5-4-6-15(16)20-17/h4-10H,3,11H2,1-2H3,(H,18,19). The molecule has 3 aromatic rings. The summed E-state index contributed by atoms with van der Waals surface area (Å²) in [6, 6.07) is 15.1. The minimum Gasteiger partial charge on any atom is -0.357 e. The van der Waals surface area contributed by atoms with Gasteiger partial charge in [-0.05, 0) is 36.1 Å². The molecule has 102 valence electrons. The van der Waals surface area contributed by atoms with E-state index in [1.807, 2.05) is 0 Å². The summed E-state index contributed by atoms with van der Waals surface area (Å²) < 4.78 is 1.24. The van der Waals surface area contributed by atoms with Gasteiger partial charge >= 0.3 is 0 Å². The van der Waals surface area contributed by atoms with Crippen molar-refractivity contribution in [2.75, 3.05) is 5.32 Å². The number of anilines is 1. The van der Waals surface area contributed by atoms with Gasteiger partial charge in [-0.25, -0.2) is 4.98 Å². The molecule has 3 rings (SSSR count). The molecule has 0 fully saturated rings. The molecule has 3 heteroatoms. The minimum atomic E-state index is 0.822. The molecule has 2 aromatic carbocycles. The van der Waals surface area contributed by atoms with Crippen LogP contribution in [0, 0.1) is 6.92 Å². The lowest BCUT2D eigenvalue weighted by Crippen LogP contribution is -1.98. The number of para-hydroxylation sites is 1. The van der Waals surface area contributed by atoms with E-state index in [1.165, 1.54) is 21.4 Å². The second kappa shape index (κ2) is 5.63. The normalized spacial score (nSPS) is 10.9. The third kappa shape index (κ3) is 2.68. The zero-order chi connectivity index (χ0) is 13.9. The van der Waals surface area contributed by atoms with Crippen LogP contribution in [-0.2, 0) is 13.0 Å². The molecule has 20 heavy (non-hydrogen) atoms. The van der Waals surface area contributed by atoms with Gasteiger partial charge in [0, 0.05) is 6.54 Å². The molecule has 0 aliphatic rings. The summed E-state index contributed by atoms with van der Waals surface area (Å²) in [7, 11) is 0. The first-order chi connectivity index (χ1) is 9.76. The molecule has 0 aliphatic carbocycles. The van der Waals surface area contributed by atoms with E-state index in [2.05, 4.69) is 66.6 Å². The van der Waals surface area contributed by atoms with Gasteiger partial charge in [0.15, 0.2) is 5.13 Å². The Morgan fingerprint density at radius 2 is 1.80 bits per heavy atom. The second-order valence-corrected chi connectivity index (χ2v) is 5.99. The Bertz CT molecular complexity index is 713. The highest BCUT2D eigenvalue weighted by Crippen LogP contribution is 2.28. The first-order valence-electron chi connectivity index (χ1n) is 6.94. The highest BCUT2D eigenvalue weighted by atomic mass is 32.1. The number of hydrogen-bond donors (Lipinski definition) is 1. The van der Waals surface area contributed by atoms with Crippen LogP contribution in [0.2, 0.25) is 0 Å². The summed E-state index contributed by atoms with van der Waals surface area (Å²) >= 11 is 1.72. The number of nitrogens with zero attached hydrogens (tertiary/aromatic N) is 1. The maximum absolute atomic E-state index is 4.67. The lowest BCUT2D eigenvalue weighted by atomic mass is 10.1. The molecule has 0 amide bonds. The molecule has 0 radical (unpaired) electrons. The average molecular weight is 282 g/mol. The van der Waals surface area contributed by atoms with Gasteiger partial charge < -0.3 is 5.32 Å². The van der Waals surface area contributed by atoms with Gasteiger partial charge in [0.25, 0.3) is 0 Å². The lowest BCUT2D eigenvalue weighted by Gasteiger charge is -2.03. The molecule has 0 saturated carbocycles. The molecule has 1 heterocycles. The smallest absolute Gasteiger partial charge is 0.184 e. The van der Waals surface area contributed by atoms with E-state index in [4.69, 9.17) is 0 Å². The van der Waals surface area contributed by atoms with Crippen LogP contribution in [0.25, 0.3) is 10.2 Å². The number of aryl methyl sites for hydroxylation is 2. The van der Waals surface area contributed by atoms with E-state index in [0.717, 1.165) is 23.6 Å². The van der Waals surface area contributed by atoms with E-state index in [9.17, 15) is 0 Å². The molecule has 0 saturated heterocycles. The molecule has 0 spiro atoms. The van der Waals surface area contributed by atoms with Gasteiger partial charge in [0.1, 0.15) is 0 Å². The van der Waals surface area contributed by atoms with Gasteiger partial charge in [0.05, 0.1) is 10.2 Å². The Hall–Kier alpha value is -1.87.